The van der Waals surface area contributed by atoms with Crippen LogP contribution in [0.3, 0.4) is 0 Å². The SMILES string of the molecule is CN(C)CCCNC(=O)c1cc2cc(Nc3nccc(-c4cn(C)cn4)n3)cc(Cl)c2[nH]1. The van der Waals surface area contributed by atoms with Crippen molar-refractivity contribution in [1.82, 2.24) is 34.7 Å². The van der Waals surface area contributed by atoms with Gasteiger partial charge in [0.25, 0.3) is 5.91 Å². The molecule has 166 valence electrons. The number of nitrogens with one attached hydrogen (secondary N) is 3. The second-order valence-corrected chi connectivity index (χ2v) is 8.24. The maximum atomic E-state index is 12.5. The maximum absolute atomic E-state index is 12.5. The van der Waals surface area contributed by atoms with Crippen molar-refractivity contribution in [2.24, 2.45) is 7.05 Å². The Bertz CT molecular complexity index is 1250. The molecule has 0 saturated carbocycles. The summed E-state index contributed by atoms with van der Waals surface area (Å²) in [4.78, 5) is 30.8. The van der Waals surface area contributed by atoms with Crippen LogP contribution in [0.1, 0.15) is 16.9 Å². The molecule has 4 aromatic rings. The van der Waals surface area contributed by atoms with E-state index in [0.29, 0.717) is 34.4 Å². The van der Waals surface area contributed by atoms with E-state index in [2.05, 4.69) is 35.5 Å². The molecular weight excluding hydrogens is 428 g/mol. The second-order valence-electron chi connectivity index (χ2n) is 7.83. The van der Waals surface area contributed by atoms with Crippen LogP contribution < -0.4 is 10.6 Å². The lowest BCUT2D eigenvalue weighted by molar-refractivity contribution is 0.0948. The normalized spacial score (nSPS) is 11.3. The van der Waals surface area contributed by atoms with Gasteiger partial charge in [0.1, 0.15) is 11.4 Å². The second kappa shape index (κ2) is 9.37. The standard InChI is InChI=1S/C22H25ClN8O/c1-30(2)8-4-6-24-21(32)18-10-14-9-15(11-16(23)20(14)28-18)27-22-25-7-5-17(29-22)19-12-31(3)13-26-19/h5,7,9-13,28H,4,6,8H2,1-3H3,(H,24,32)(H,25,27,29). The number of aromatic amines is 1. The average Bonchev–Trinajstić information content (AvgIpc) is 3.38. The minimum Gasteiger partial charge on any atom is -0.351 e. The number of halogens is 1. The van der Waals surface area contributed by atoms with Crippen molar-refractivity contribution < 1.29 is 4.79 Å². The van der Waals surface area contributed by atoms with E-state index in [9.17, 15) is 4.79 Å². The van der Waals surface area contributed by atoms with E-state index in [-0.39, 0.29) is 5.91 Å². The molecule has 0 fully saturated rings. The zero-order valence-electron chi connectivity index (χ0n) is 18.2. The molecule has 3 heterocycles. The highest BCUT2D eigenvalue weighted by Crippen LogP contribution is 2.29. The third-order valence-electron chi connectivity index (χ3n) is 4.87. The van der Waals surface area contributed by atoms with Crippen LogP contribution in [0.25, 0.3) is 22.3 Å². The quantitative estimate of drug-likeness (QED) is 0.354. The van der Waals surface area contributed by atoms with E-state index in [1.807, 2.05) is 38.0 Å². The summed E-state index contributed by atoms with van der Waals surface area (Å²) in [6.45, 7) is 1.52. The molecule has 0 spiro atoms. The van der Waals surface area contributed by atoms with Crippen molar-refractivity contribution >= 4 is 40.0 Å². The number of carbonyl (C=O) groups excluding carboxylic acids is 1. The number of nitrogens with zero attached hydrogens (tertiary/aromatic N) is 5. The molecule has 3 aromatic heterocycles. The molecule has 0 atom stereocenters. The Morgan fingerprint density at radius 2 is 2.06 bits per heavy atom. The summed E-state index contributed by atoms with van der Waals surface area (Å²) < 4.78 is 1.86. The van der Waals surface area contributed by atoms with E-state index in [1.165, 1.54) is 0 Å². The molecular formula is C22H25ClN8O. The van der Waals surface area contributed by atoms with Gasteiger partial charge in [-0.05, 0) is 51.3 Å². The molecule has 0 unspecified atom stereocenters. The zero-order chi connectivity index (χ0) is 22.7. The number of carbonyl (C=O) groups is 1. The average molecular weight is 453 g/mol. The molecule has 4 rings (SSSR count). The van der Waals surface area contributed by atoms with Gasteiger partial charge in [-0.3, -0.25) is 4.79 Å². The van der Waals surface area contributed by atoms with E-state index in [1.54, 1.807) is 30.7 Å². The summed E-state index contributed by atoms with van der Waals surface area (Å²) in [6, 6.07) is 7.27. The Morgan fingerprint density at radius 3 is 2.81 bits per heavy atom. The van der Waals surface area contributed by atoms with Gasteiger partial charge in [0.15, 0.2) is 0 Å². The Morgan fingerprint density at radius 1 is 1.22 bits per heavy atom. The lowest BCUT2D eigenvalue weighted by Gasteiger charge is -2.09. The Balaban J connectivity index is 1.50. The van der Waals surface area contributed by atoms with Gasteiger partial charge < -0.3 is 25.1 Å². The van der Waals surface area contributed by atoms with Gasteiger partial charge in [-0.25, -0.2) is 15.0 Å². The van der Waals surface area contributed by atoms with Crippen LogP contribution in [-0.2, 0) is 7.05 Å². The first kappa shape index (κ1) is 21.8. The van der Waals surface area contributed by atoms with E-state index in [4.69, 9.17) is 11.6 Å². The highest BCUT2D eigenvalue weighted by atomic mass is 35.5. The predicted octanol–water partition coefficient (Wildman–Crippen LogP) is 3.44. The first-order valence-corrected chi connectivity index (χ1v) is 10.6. The summed E-state index contributed by atoms with van der Waals surface area (Å²) in [5.74, 6) is 0.273. The molecule has 10 heteroatoms. The van der Waals surface area contributed by atoms with Crippen molar-refractivity contribution in [3.63, 3.8) is 0 Å². The highest BCUT2D eigenvalue weighted by Gasteiger charge is 2.13. The van der Waals surface area contributed by atoms with Gasteiger partial charge in [-0.2, -0.15) is 0 Å². The summed E-state index contributed by atoms with van der Waals surface area (Å²) in [6.07, 6.45) is 6.17. The summed E-state index contributed by atoms with van der Waals surface area (Å²) in [5.41, 5.74) is 3.37. The molecule has 0 bridgehead atoms. The molecule has 0 radical (unpaired) electrons. The van der Waals surface area contributed by atoms with Crippen molar-refractivity contribution in [3.8, 4) is 11.4 Å². The molecule has 32 heavy (non-hydrogen) atoms. The number of aromatic nitrogens is 5. The minimum atomic E-state index is -0.156. The van der Waals surface area contributed by atoms with E-state index < -0.39 is 0 Å². The third kappa shape index (κ3) is 5.06. The summed E-state index contributed by atoms with van der Waals surface area (Å²) in [7, 11) is 5.92. The topological polar surface area (TPSA) is 104 Å². The molecule has 3 N–H and O–H groups in total. The van der Waals surface area contributed by atoms with E-state index >= 15 is 0 Å². The number of fused-ring (bicyclic) bond motifs is 1. The smallest absolute Gasteiger partial charge is 0.267 e. The van der Waals surface area contributed by atoms with Gasteiger partial charge in [0.2, 0.25) is 5.95 Å². The van der Waals surface area contributed by atoms with Crippen LogP contribution in [0.4, 0.5) is 11.6 Å². The first-order valence-electron chi connectivity index (χ1n) is 10.2. The number of anilines is 2. The maximum Gasteiger partial charge on any atom is 0.267 e. The number of rotatable bonds is 8. The Labute approximate surface area is 190 Å². The fourth-order valence-electron chi connectivity index (χ4n) is 3.32. The molecule has 0 saturated heterocycles. The summed E-state index contributed by atoms with van der Waals surface area (Å²) in [5, 5.41) is 7.43. The molecule has 0 aliphatic rings. The number of H-pyrrole nitrogens is 1. The number of hydrogen-bond donors (Lipinski definition) is 3. The first-order chi connectivity index (χ1) is 15.4. The largest absolute Gasteiger partial charge is 0.351 e. The van der Waals surface area contributed by atoms with Crippen LogP contribution in [-0.4, -0.2) is 62.5 Å². The van der Waals surface area contributed by atoms with Gasteiger partial charge in [-0.15, -0.1) is 0 Å². The molecule has 9 nitrogen and oxygen atoms in total. The van der Waals surface area contributed by atoms with Crippen molar-refractivity contribution in [1.29, 1.82) is 0 Å². The number of benzene rings is 1. The monoisotopic (exact) mass is 452 g/mol. The van der Waals surface area contributed by atoms with Gasteiger partial charge in [-0.1, -0.05) is 11.6 Å². The van der Waals surface area contributed by atoms with Gasteiger partial charge >= 0.3 is 0 Å². The third-order valence-corrected chi connectivity index (χ3v) is 5.17. The molecule has 1 amide bonds. The predicted molar refractivity (Wildman–Crippen MR) is 126 cm³/mol. The van der Waals surface area contributed by atoms with Crippen LogP contribution in [0.15, 0.2) is 43.0 Å². The fraction of sp³-hybridized carbons (Fsp3) is 0.273. The Kier molecular flexibility index (Phi) is 6.38. The number of imidazole rings is 1. The van der Waals surface area contributed by atoms with Crippen molar-refractivity contribution in [2.75, 3.05) is 32.5 Å². The lowest BCUT2D eigenvalue weighted by atomic mass is 10.2. The fourth-order valence-corrected chi connectivity index (χ4v) is 3.60. The lowest BCUT2D eigenvalue weighted by Crippen LogP contribution is -2.27. The number of aryl methyl sites for hydroxylation is 1. The number of amides is 1. The van der Waals surface area contributed by atoms with Crippen LogP contribution in [0.2, 0.25) is 5.02 Å². The van der Waals surface area contributed by atoms with Crippen LogP contribution in [0, 0.1) is 0 Å². The Hall–Kier alpha value is -3.43. The number of hydrogen-bond acceptors (Lipinski definition) is 6. The highest BCUT2D eigenvalue weighted by molar-refractivity contribution is 6.35. The van der Waals surface area contributed by atoms with Crippen molar-refractivity contribution in [2.45, 2.75) is 6.42 Å². The van der Waals surface area contributed by atoms with Crippen LogP contribution in [0.5, 0.6) is 0 Å². The summed E-state index contributed by atoms with van der Waals surface area (Å²) >= 11 is 6.48. The molecule has 1 aromatic carbocycles. The molecule has 0 aliphatic carbocycles. The molecule has 0 aliphatic heterocycles. The van der Waals surface area contributed by atoms with Gasteiger partial charge in [0.05, 0.1) is 22.6 Å². The van der Waals surface area contributed by atoms with Crippen LogP contribution >= 0.6 is 11.6 Å². The van der Waals surface area contributed by atoms with E-state index in [0.717, 1.165) is 29.7 Å². The zero-order valence-corrected chi connectivity index (χ0v) is 18.9. The minimum absolute atomic E-state index is 0.156. The van der Waals surface area contributed by atoms with Crippen molar-refractivity contribution in [3.05, 3.63) is 53.7 Å². The van der Waals surface area contributed by atoms with Gasteiger partial charge in [0, 0.05) is 37.1 Å².